The first kappa shape index (κ1) is 7.80. The molecule has 14 heavy (non-hydrogen) atoms. The Balaban J connectivity index is 2.20. The zero-order valence-corrected chi connectivity index (χ0v) is 7.79. The first-order chi connectivity index (χ1) is 6.86. The molecule has 0 amide bonds. The van der Waals surface area contributed by atoms with E-state index in [1.165, 1.54) is 0 Å². The lowest BCUT2D eigenvalue weighted by Gasteiger charge is -2.18. The number of fused-ring (bicyclic) bond motifs is 2. The quantitative estimate of drug-likeness (QED) is 0.668. The molecular weight excluding hydrogens is 174 g/mol. The lowest BCUT2D eigenvalue weighted by molar-refractivity contribution is 0.0941. The molecule has 1 aliphatic heterocycles. The molecule has 1 aromatic rings. The molecule has 0 spiro atoms. The van der Waals surface area contributed by atoms with E-state index >= 15 is 0 Å². The van der Waals surface area contributed by atoms with Gasteiger partial charge in [-0.25, -0.2) is 0 Å². The van der Waals surface area contributed by atoms with Gasteiger partial charge in [-0.15, -0.1) is 0 Å². The van der Waals surface area contributed by atoms with Crippen LogP contribution in [0.4, 0.5) is 0 Å². The monoisotopic (exact) mass is 185 g/mol. The van der Waals surface area contributed by atoms with E-state index in [1.807, 2.05) is 24.3 Å². The highest BCUT2D eigenvalue weighted by atomic mass is 16.1. The van der Waals surface area contributed by atoms with Crippen molar-refractivity contribution in [3.05, 3.63) is 41.1 Å². The Kier molecular flexibility index (Phi) is 1.51. The molecular formula is C12H11NO. The number of rotatable bonds is 0. The van der Waals surface area contributed by atoms with Crippen molar-refractivity contribution in [1.29, 1.82) is 0 Å². The van der Waals surface area contributed by atoms with Crippen molar-refractivity contribution >= 4 is 11.9 Å². The van der Waals surface area contributed by atoms with Gasteiger partial charge in [0.25, 0.3) is 0 Å². The molecule has 2 heteroatoms. The van der Waals surface area contributed by atoms with Gasteiger partial charge in [0.1, 0.15) is 0 Å². The molecule has 1 aliphatic carbocycles. The standard InChI is InChI=1S/C12H11NO/c14-12-9-4-2-1-3-8(9)7-11-10(12)5-6-13-11/h1-4,7,10,13H,5-6H2. The number of nitrogens with one attached hydrogen (secondary N) is 1. The summed E-state index contributed by atoms with van der Waals surface area (Å²) in [5.41, 5.74) is 3.04. The van der Waals surface area contributed by atoms with Crippen molar-refractivity contribution in [3.63, 3.8) is 0 Å². The summed E-state index contributed by atoms with van der Waals surface area (Å²) >= 11 is 0. The smallest absolute Gasteiger partial charge is 0.172 e. The van der Waals surface area contributed by atoms with E-state index in [1.54, 1.807) is 0 Å². The third-order valence-corrected chi connectivity index (χ3v) is 2.99. The summed E-state index contributed by atoms with van der Waals surface area (Å²) in [6.07, 6.45) is 3.05. The van der Waals surface area contributed by atoms with Crippen molar-refractivity contribution in [1.82, 2.24) is 5.32 Å². The topological polar surface area (TPSA) is 29.1 Å². The zero-order chi connectivity index (χ0) is 9.54. The minimum Gasteiger partial charge on any atom is -0.388 e. The fourth-order valence-electron chi connectivity index (χ4n) is 2.27. The maximum absolute atomic E-state index is 12.0. The van der Waals surface area contributed by atoms with Crippen molar-refractivity contribution in [3.8, 4) is 0 Å². The fraction of sp³-hybridized carbons (Fsp3) is 0.250. The highest BCUT2D eigenvalue weighted by Gasteiger charge is 2.32. The number of hydrogen-bond donors (Lipinski definition) is 1. The molecule has 1 unspecified atom stereocenters. The second-order valence-electron chi connectivity index (χ2n) is 3.82. The minimum absolute atomic E-state index is 0.102. The molecule has 1 saturated heterocycles. The van der Waals surface area contributed by atoms with Gasteiger partial charge in [0.2, 0.25) is 0 Å². The van der Waals surface area contributed by atoms with Crippen molar-refractivity contribution in [2.45, 2.75) is 6.42 Å². The Hall–Kier alpha value is -1.57. The average Bonchev–Trinajstić information content (AvgIpc) is 2.66. The number of hydrogen-bond acceptors (Lipinski definition) is 2. The summed E-state index contributed by atoms with van der Waals surface area (Å²) in [7, 11) is 0. The van der Waals surface area contributed by atoms with Crippen molar-refractivity contribution in [2.24, 2.45) is 5.92 Å². The lowest BCUT2D eigenvalue weighted by Crippen LogP contribution is -2.20. The highest BCUT2D eigenvalue weighted by molar-refractivity contribution is 6.05. The molecule has 0 radical (unpaired) electrons. The van der Waals surface area contributed by atoms with Crippen LogP contribution in [0.2, 0.25) is 0 Å². The summed E-state index contributed by atoms with van der Waals surface area (Å²) in [4.78, 5) is 12.0. The van der Waals surface area contributed by atoms with Gasteiger partial charge in [-0.2, -0.15) is 0 Å². The third-order valence-electron chi connectivity index (χ3n) is 2.99. The molecule has 70 valence electrons. The van der Waals surface area contributed by atoms with E-state index in [4.69, 9.17) is 0 Å². The van der Waals surface area contributed by atoms with Crippen LogP contribution < -0.4 is 5.32 Å². The van der Waals surface area contributed by atoms with Crippen LogP contribution in [0, 0.1) is 5.92 Å². The van der Waals surface area contributed by atoms with Gasteiger partial charge in [-0.1, -0.05) is 24.3 Å². The van der Waals surface area contributed by atoms with Gasteiger partial charge < -0.3 is 5.32 Å². The second-order valence-corrected chi connectivity index (χ2v) is 3.82. The Labute approximate surface area is 82.6 Å². The van der Waals surface area contributed by atoms with E-state index in [9.17, 15) is 4.79 Å². The number of carbonyl (C=O) groups is 1. The molecule has 2 nitrogen and oxygen atoms in total. The van der Waals surface area contributed by atoms with Crippen LogP contribution in [0.25, 0.3) is 6.08 Å². The summed E-state index contributed by atoms with van der Waals surface area (Å²) in [5.74, 6) is 0.382. The molecule has 1 atom stereocenters. The first-order valence-corrected chi connectivity index (χ1v) is 4.95. The van der Waals surface area contributed by atoms with E-state index in [-0.39, 0.29) is 11.7 Å². The Morgan fingerprint density at radius 3 is 3.07 bits per heavy atom. The summed E-state index contributed by atoms with van der Waals surface area (Å²) < 4.78 is 0. The van der Waals surface area contributed by atoms with Crippen LogP contribution in [0.1, 0.15) is 22.3 Å². The van der Waals surface area contributed by atoms with Gasteiger partial charge >= 0.3 is 0 Å². The number of carbonyl (C=O) groups excluding carboxylic acids is 1. The molecule has 0 bridgehead atoms. The van der Waals surface area contributed by atoms with Gasteiger partial charge in [0.05, 0.1) is 5.92 Å². The van der Waals surface area contributed by atoms with E-state index in [2.05, 4.69) is 11.4 Å². The van der Waals surface area contributed by atoms with Crippen LogP contribution in [0.15, 0.2) is 30.0 Å². The average molecular weight is 185 g/mol. The Morgan fingerprint density at radius 1 is 1.29 bits per heavy atom. The Morgan fingerprint density at radius 2 is 2.14 bits per heavy atom. The molecule has 1 fully saturated rings. The second kappa shape index (κ2) is 2.71. The van der Waals surface area contributed by atoms with Crippen LogP contribution in [-0.2, 0) is 0 Å². The SMILES string of the molecule is O=C1c2ccccc2C=C2NCCC12. The maximum atomic E-state index is 12.0. The number of allylic oxidation sites excluding steroid dienone is 1. The van der Waals surface area contributed by atoms with Crippen molar-refractivity contribution in [2.75, 3.05) is 6.54 Å². The molecule has 2 aliphatic rings. The van der Waals surface area contributed by atoms with Gasteiger partial charge in [-0.05, 0) is 18.1 Å². The fourth-order valence-corrected chi connectivity index (χ4v) is 2.27. The van der Waals surface area contributed by atoms with E-state index in [0.29, 0.717) is 0 Å². The minimum atomic E-state index is 0.102. The zero-order valence-electron chi connectivity index (χ0n) is 7.79. The van der Waals surface area contributed by atoms with Crippen LogP contribution >= 0.6 is 0 Å². The normalized spacial score (nSPS) is 23.6. The third kappa shape index (κ3) is 0.939. The number of ketones is 1. The van der Waals surface area contributed by atoms with Crippen LogP contribution in [-0.4, -0.2) is 12.3 Å². The number of benzene rings is 1. The molecule has 0 aromatic heterocycles. The van der Waals surface area contributed by atoms with Gasteiger partial charge in [0.15, 0.2) is 5.78 Å². The number of Topliss-reactive ketones (excluding diaryl/α,β-unsaturated/α-hetero) is 1. The molecule has 1 N–H and O–H groups in total. The van der Waals surface area contributed by atoms with E-state index in [0.717, 1.165) is 29.8 Å². The van der Waals surface area contributed by atoms with Crippen LogP contribution in [0.3, 0.4) is 0 Å². The highest BCUT2D eigenvalue weighted by Crippen LogP contribution is 2.31. The lowest BCUT2D eigenvalue weighted by atomic mass is 9.86. The predicted molar refractivity (Wildman–Crippen MR) is 54.9 cm³/mol. The molecule has 1 heterocycles. The Bertz CT molecular complexity index is 434. The maximum Gasteiger partial charge on any atom is 0.172 e. The predicted octanol–water partition coefficient (Wildman–Crippen LogP) is 1.83. The molecule has 0 saturated carbocycles. The van der Waals surface area contributed by atoms with Crippen LogP contribution in [0.5, 0.6) is 0 Å². The van der Waals surface area contributed by atoms with Gasteiger partial charge in [0, 0.05) is 17.8 Å². The van der Waals surface area contributed by atoms with E-state index < -0.39 is 0 Å². The largest absolute Gasteiger partial charge is 0.388 e. The summed E-state index contributed by atoms with van der Waals surface area (Å²) in [6.45, 7) is 0.927. The van der Waals surface area contributed by atoms with Crippen molar-refractivity contribution < 1.29 is 4.79 Å². The first-order valence-electron chi connectivity index (χ1n) is 4.95. The summed E-state index contributed by atoms with van der Waals surface area (Å²) in [6, 6.07) is 7.82. The molecule has 1 aromatic carbocycles. The van der Waals surface area contributed by atoms with Gasteiger partial charge in [-0.3, -0.25) is 4.79 Å². The summed E-state index contributed by atoms with van der Waals surface area (Å²) in [5, 5.41) is 3.27. The molecule has 3 rings (SSSR count).